The van der Waals surface area contributed by atoms with Gasteiger partial charge in [-0.25, -0.2) is 0 Å². The molecule has 0 aliphatic carbocycles. The molecule has 0 saturated carbocycles. The highest BCUT2D eigenvalue weighted by molar-refractivity contribution is 7.26. The zero-order valence-corrected chi connectivity index (χ0v) is 24.0. The van der Waals surface area contributed by atoms with Crippen molar-refractivity contribution in [2.24, 2.45) is 0 Å². The zero-order valence-electron chi connectivity index (χ0n) is 23.2. The highest BCUT2D eigenvalue weighted by Crippen LogP contribution is 2.47. The fraction of sp³-hybridized carbons (Fsp3) is 0. The lowest BCUT2D eigenvalue weighted by Gasteiger charge is -2.27. The normalized spacial score (nSPS) is 12.1. The second-order valence-corrected chi connectivity index (χ2v) is 12.1. The van der Waals surface area contributed by atoms with Crippen LogP contribution >= 0.6 is 11.3 Å². The lowest BCUT2D eigenvalue weighted by Crippen LogP contribution is -2.10. The third kappa shape index (κ3) is 3.34. The highest BCUT2D eigenvalue weighted by Gasteiger charge is 2.21. The maximum Gasteiger partial charge on any atom is 0.153 e. The quantitative estimate of drug-likeness (QED) is 0.207. The Morgan fingerprint density at radius 3 is 1.98 bits per heavy atom. The summed E-state index contributed by atoms with van der Waals surface area (Å²) in [7, 11) is 0. The van der Waals surface area contributed by atoms with Crippen molar-refractivity contribution in [2.75, 3.05) is 4.90 Å². The van der Waals surface area contributed by atoms with Gasteiger partial charge in [0.2, 0.25) is 0 Å². The van der Waals surface area contributed by atoms with E-state index in [9.17, 15) is 0 Å². The molecule has 0 N–H and O–H groups in total. The van der Waals surface area contributed by atoms with Crippen LogP contribution in [0.5, 0.6) is 0 Å². The predicted molar refractivity (Wildman–Crippen MR) is 182 cm³/mol. The number of aromatic nitrogens is 2. The van der Waals surface area contributed by atoms with Crippen LogP contribution in [0, 0.1) is 0 Å². The number of fused-ring (bicyclic) bond motifs is 11. The van der Waals surface area contributed by atoms with Crippen LogP contribution in [0.3, 0.4) is 0 Å². The first kappa shape index (κ1) is 23.8. The average molecular weight is 584 g/mol. The van der Waals surface area contributed by atoms with Gasteiger partial charge in [-0.1, -0.05) is 42.5 Å². The molecule has 5 aromatic heterocycles. The Hall–Kier alpha value is -5.72. The molecule has 5 aromatic carbocycles. The van der Waals surface area contributed by atoms with Crippen LogP contribution in [0.25, 0.3) is 74.8 Å². The Balaban J connectivity index is 1.30. The molecule has 0 unspecified atom stereocenters. The number of hydrogen-bond acceptors (Lipinski definition) is 6. The first-order valence-corrected chi connectivity index (χ1v) is 15.3. The molecule has 0 spiro atoms. The third-order valence-corrected chi connectivity index (χ3v) is 9.76. The van der Waals surface area contributed by atoms with Crippen molar-refractivity contribution in [3.63, 3.8) is 0 Å². The summed E-state index contributed by atoms with van der Waals surface area (Å²) in [4.78, 5) is 10.9. The van der Waals surface area contributed by atoms with Crippen molar-refractivity contribution in [2.45, 2.75) is 0 Å². The molecule has 5 nitrogen and oxygen atoms in total. The summed E-state index contributed by atoms with van der Waals surface area (Å²) in [5.41, 5.74) is 6.35. The minimum absolute atomic E-state index is 0.778. The Bertz CT molecular complexity index is 2750. The zero-order chi connectivity index (χ0) is 28.8. The average Bonchev–Trinajstić information content (AvgIpc) is 3.75. The SMILES string of the molecule is c1ccc2c(c1)sc1cc(N(c3ccc4c(c3)oc3cnccc34)c3ccc4oc5cnccc5c4c3)c3ccccc3c12. The predicted octanol–water partition coefficient (Wildman–Crippen LogP) is 11.3. The molecular weight excluding hydrogens is 563 g/mol. The van der Waals surface area contributed by atoms with Gasteiger partial charge in [0.1, 0.15) is 11.2 Å². The summed E-state index contributed by atoms with van der Waals surface area (Å²) in [5, 5.41) is 9.23. The standard InChI is InChI=1S/C38H21N3O2S/c1-2-6-28-24(5-1)31(19-37-38(28)29-7-3-4-8-36(29)44-37)41(22-10-12-32-30(17-22)27-14-16-40-21-35(27)42-32)23-9-11-25-26-13-15-39-20-34(26)43-33(25)18-23/h1-21H. The Morgan fingerprint density at radius 1 is 0.477 bits per heavy atom. The van der Waals surface area contributed by atoms with E-state index in [0.717, 1.165) is 60.9 Å². The molecule has 6 heteroatoms. The van der Waals surface area contributed by atoms with Crippen molar-refractivity contribution in [3.8, 4) is 0 Å². The molecule has 5 heterocycles. The number of furan rings is 2. The van der Waals surface area contributed by atoms with E-state index in [2.05, 4.69) is 106 Å². The summed E-state index contributed by atoms with van der Waals surface area (Å²) in [6.07, 6.45) is 7.18. The molecule has 44 heavy (non-hydrogen) atoms. The Labute approximate surface area is 254 Å². The monoisotopic (exact) mass is 583 g/mol. The van der Waals surface area contributed by atoms with Gasteiger partial charge in [-0.3, -0.25) is 9.97 Å². The summed E-state index contributed by atoms with van der Waals surface area (Å²) < 4.78 is 15.0. The van der Waals surface area contributed by atoms with Crippen LogP contribution in [0.2, 0.25) is 0 Å². The largest absolute Gasteiger partial charge is 0.454 e. The van der Waals surface area contributed by atoms with Gasteiger partial charge in [0.25, 0.3) is 0 Å². The van der Waals surface area contributed by atoms with Crippen LogP contribution < -0.4 is 4.90 Å². The molecule has 0 aliphatic rings. The van der Waals surface area contributed by atoms with Crippen LogP contribution in [-0.2, 0) is 0 Å². The topological polar surface area (TPSA) is 55.3 Å². The molecule has 10 aromatic rings. The van der Waals surface area contributed by atoms with Crippen LogP contribution in [0.1, 0.15) is 0 Å². The molecule has 206 valence electrons. The second kappa shape index (κ2) is 8.89. The number of rotatable bonds is 3. The van der Waals surface area contributed by atoms with Gasteiger partial charge in [-0.05, 0) is 60.0 Å². The second-order valence-electron chi connectivity index (χ2n) is 11.1. The highest BCUT2D eigenvalue weighted by atomic mass is 32.1. The summed E-state index contributed by atoms with van der Waals surface area (Å²) in [6, 6.07) is 36.7. The number of thiophene rings is 1. The van der Waals surface area contributed by atoms with Crippen molar-refractivity contribution >= 4 is 103 Å². The molecule has 0 amide bonds. The Morgan fingerprint density at radius 2 is 1.14 bits per heavy atom. The van der Waals surface area contributed by atoms with E-state index < -0.39 is 0 Å². The number of benzene rings is 5. The van der Waals surface area contributed by atoms with E-state index in [-0.39, 0.29) is 0 Å². The van der Waals surface area contributed by atoms with E-state index >= 15 is 0 Å². The minimum atomic E-state index is 0.778. The molecule has 0 saturated heterocycles. The van der Waals surface area contributed by atoms with Gasteiger partial charge >= 0.3 is 0 Å². The van der Waals surface area contributed by atoms with Crippen molar-refractivity contribution < 1.29 is 8.83 Å². The van der Waals surface area contributed by atoms with Crippen LogP contribution in [0.4, 0.5) is 17.1 Å². The fourth-order valence-corrected chi connectivity index (χ4v) is 7.86. The minimum Gasteiger partial charge on any atom is -0.454 e. The van der Waals surface area contributed by atoms with E-state index in [1.54, 1.807) is 12.4 Å². The number of pyridine rings is 2. The molecule has 0 atom stereocenters. The summed E-state index contributed by atoms with van der Waals surface area (Å²) >= 11 is 1.84. The van der Waals surface area contributed by atoms with Crippen molar-refractivity contribution in [1.29, 1.82) is 0 Å². The lowest BCUT2D eigenvalue weighted by molar-refractivity contribution is 0.666. The molecule has 10 rings (SSSR count). The maximum absolute atomic E-state index is 6.32. The third-order valence-electron chi connectivity index (χ3n) is 8.64. The molecular formula is C38H21N3O2S. The fourth-order valence-electron chi connectivity index (χ4n) is 6.70. The van der Waals surface area contributed by atoms with E-state index in [4.69, 9.17) is 8.83 Å². The van der Waals surface area contributed by atoms with Crippen molar-refractivity contribution in [1.82, 2.24) is 9.97 Å². The van der Waals surface area contributed by atoms with Gasteiger partial charge in [0, 0.05) is 76.9 Å². The van der Waals surface area contributed by atoms with Crippen molar-refractivity contribution in [3.05, 3.63) is 128 Å². The number of nitrogens with zero attached hydrogens (tertiary/aromatic N) is 3. The van der Waals surface area contributed by atoms with Gasteiger partial charge in [-0.15, -0.1) is 11.3 Å². The van der Waals surface area contributed by atoms with Gasteiger partial charge in [-0.2, -0.15) is 0 Å². The van der Waals surface area contributed by atoms with Gasteiger partial charge < -0.3 is 13.7 Å². The van der Waals surface area contributed by atoms with E-state index in [0.29, 0.717) is 0 Å². The van der Waals surface area contributed by atoms with E-state index in [1.165, 1.54) is 30.9 Å². The number of anilines is 3. The molecule has 0 aliphatic heterocycles. The first-order valence-electron chi connectivity index (χ1n) is 14.5. The van der Waals surface area contributed by atoms with Crippen LogP contribution in [0.15, 0.2) is 137 Å². The Kier molecular flexibility index (Phi) is 4.81. The molecule has 0 radical (unpaired) electrons. The maximum atomic E-state index is 6.32. The van der Waals surface area contributed by atoms with Gasteiger partial charge in [0.05, 0.1) is 18.1 Å². The molecule has 0 bridgehead atoms. The van der Waals surface area contributed by atoms with E-state index in [1.807, 2.05) is 35.9 Å². The lowest BCUT2D eigenvalue weighted by atomic mass is 10.0. The number of hydrogen-bond donors (Lipinski definition) is 0. The molecule has 0 fully saturated rings. The summed E-state index contributed by atoms with van der Waals surface area (Å²) in [5.74, 6) is 0. The smallest absolute Gasteiger partial charge is 0.153 e. The van der Waals surface area contributed by atoms with Gasteiger partial charge in [0.15, 0.2) is 11.2 Å². The first-order chi connectivity index (χ1) is 21.8. The van der Waals surface area contributed by atoms with Crippen LogP contribution in [-0.4, -0.2) is 9.97 Å². The summed E-state index contributed by atoms with van der Waals surface area (Å²) in [6.45, 7) is 0.